The van der Waals surface area contributed by atoms with Crippen molar-refractivity contribution in [3.8, 4) is 0 Å². The third-order valence-corrected chi connectivity index (χ3v) is 4.37. The molecule has 2 fully saturated rings. The molecular formula is C13H18N4S. The van der Waals surface area contributed by atoms with Gasteiger partial charge in [-0.2, -0.15) is 0 Å². The molecule has 2 aliphatic rings. The maximum atomic E-state index is 5.63. The van der Waals surface area contributed by atoms with Gasteiger partial charge in [-0.25, -0.2) is 9.97 Å². The third-order valence-electron chi connectivity index (χ3n) is 4.16. The maximum absolute atomic E-state index is 5.63. The highest BCUT2D eigenvalue weighted by molar-refractivity contribution is 7.80. The Morgan fingerprint density at radius 3 is 2.83 bits per heavy atom. The van der Waals surface area contributed by atoms with Crippen LogP contribution in [0.4, 0.5) is 5.95 Å². The molecule has 3 unspecified atom stereocenters. The largest absolute Gasteiger partial charge is 0.388 e. The van der Waals surface area contributed by atoms with Crippen LogP contribution < -0.4 is 11.1 Å². The van der Waals surface area contributed by atoms with Gasteiger partial charge in [-0.3, -0.25) is 0 Å². The highest BCUT2D eigenvalue weighted by Crippen LogP contribution is 2.45. The van der Waals surface area contributed by atoms with Crippen molar-refractivity contribution < 1.29 is 0 Å². The second kappa shape index (κ2) is 4.46. The van der Waals surface area contributed by atoms with E-state index in [0.717, 1.165) is 17.5 Å². The molecule has 96 valence electrons. The van der Waals surface area contributed by atoms with Crippen LogP contribution in [0.5, 0.6) is 0 Å². The number of nitrogens with two attached hydrogens (primary N) is 1. The molecular weight excluding hydrogens is 244 g/mol. The first kappa shape index (κ1) is 11.8. The lowest BCUT2D eigenvalue weighted by Gasteiger charge is -2.23. The van der Waals surface area contributed by atoms with Crippen LogP contribution in [0.2, 0.25) is 0 Å². The Morgan fingerprint density at radius 2 is 2.22 bits per heavy atom. The monoisotopic (exact) mass is 262 g/mol. The maximum Gasteiger partial charge on any atom is 0.223 e. The number of nitrogens with zero attached hydrogens (tertiary/aromatic N) is 2. The highest BCUT2D eigenvalue weighted by atomic mass is 32.1. The van der Waals surface area contributed by atoms with E-state index < -0.39 is 0 Å². The number of anilines is 1. The van der Waals surface area contributed by atoms with E-state index >= 15 is 0 Å². The van der Waals surface area contributed by atoms with Crippen molar-refractivity contribution in [1.82, 2.24) is 9.97 Å². The average molecular weight is 262 g/mol. The summed E-state index contributed by atoms with van der Waals surface area (Å²) in [5.41, 5.74) is 7.19. The molecule has 0 amide bonds. The molecule has 1 heterocycles. The van der Waals surface area contributed by atoms with Crippen LogP contribution in [0.1, 0.15) is 37.1 Å². The van der Waals surface area contributed by atoms with Gasteiger partial charge in [-0.1, -0.05) is 18.6 Å². The van der Waals surface area contributed by atoms with Crippen LogP contribution in [0.15, 0.2) is 6.07 Å². The van der Waals surface area contributed by atoms with Crippen LogP contribution in [-0.4, -0.2) is 21.0 Å². The van der Waals surface area contributed by atoms with Crippen molar-refractivity contribution >= 4 is 23.2 Å². The molecule has 4 nitrogen and oxygen atoms in total. The summed E-state index contributed by atoms with van der Waals surface area (Å²) in [5.74, 6) is 2.38. The summed E-state index contributed by atoms with van der Waals surface area (Å²) >= 11 is 4.98. The van der Waals surface area contributed by atoms with Gasteiger partial charge in [-0.15, -0.1) is 0 Å². The van der Waals surface area contributed by atoms with Gasteiger partial charge in [0.05, 0.1) is 0 Å². The SMILES string of the molecule is Cc1cc(C(N)=S)nc(NC2CC3CCC2C3)n1. The summed E-state index contributed by atoms with van der Waals surface area (Å²) in [5, 5.41) is 3.47. The zero-order chi connectivity index (χ0) is 12.7. The van der Waals surface area contributed by atoms with E-state index in [0.29, 0.717) is 22.7 Å². The van der Waals surface area contributed by atoms with Crippen molar-refractivity contribution in [2.24, 2.45) is 17.6 Å². The lowest BCUT2D eigenvalue weighted by Crippen LogP contribution is -2.27. The number of rotatable bonds is 3. The number of aryl methyl sites for hydroxylation is 1. The molecule has 18 heavy (non-hydrogen) atoms. The van der Waals surface area contributed by atoms with Crippen LogP contribution in [0, 0.1) is 18.8 Å². The molecule has 0 saturated heterocycles. The van der Waals surface area contributed by atoms with Crippen LogP contribution in [0.3, 0.4) is 0 Å². The van der Waals surface area contributed by atoms with E-state index in [1.165, 1.54) is 25.7 Å². The minimum atomic E-state index is 0.330. The number of hydrogen-bond donors (Lipinski definition) is 2. The van der Waals surface area contributed by atoms with Crippen molar-refractivity contribution in [2.75, 3.05) is 5.32 Å². The summed E-state index contributed by atoms with van der Waals surface area (Å²) in [7, 11) is 0. The average Bonchev–Trinajstić information content (AvgIpc) is 2.90. The molecule has 0 aliphatic heterocycles. The molecule has 3 N–H and O–H groups in total. The van der Waals surface area contributed by atoms with E-state index in [4.69, 9.17) is 18.0 Å². The minimum absolute atomic E-state index is 0.330. The third kappa shape index (κ3) is 2.19. The summed E-state index contributed by atoms with van der Waals surface area (Å²) in [6.45, 7) is 1.94. The Hall–Kier alpha value is -1.23. The zero-order valence-corrected chi connectivity index (χ0v) is 11.3. The summed E-state index contributed by atoms with van der Waals surface area (Å²) < 4.78 is 0. The molecule has 0 spiro atoms. The van der Waals surface area contributed by atoms with Gasteiger partial charge in [0.2, 0.25) is 5.95 Å². The lowest BCUT2D eigenvalue weighted by atomic mass is 9.95. The van der Waals surface area contributed by atoms with Gasteiger partial charge in [0.1, 0.15) is 10.7 Å². The molecule has 2 aliphatic carbocycles. The van der Waals surface area contributed by atoms with Crippen molar-refractivity contribution in [2.45, 2.75) is 38.6 Å². The van der Waals surface area contributed by atoms with Crippen molar-refractivity contribution in [3.63, 3.8) is 0 Å². The normalized spacial score (nSPS) is 29.5. The smallest absolute Gasteiger partial charge is 0.223 e. The fraction of sp³-hybridized carbons (Fsp3) is 0.615. The molecule has 0 radical (unpaired) electrons. The van der Waals surface area contributed by atoms with Crippen molar-refractivity contribution in [3.05, 3.63) is 17.5 Å². The van der Waals surface area contributed by atoms with Crippen LogP contribution in [-0.2, 0) is 0 Å². The topological polar surface area (TPSA) is 63.8 Å². The summed E-state index contributed by atoms with van der Waals surface area (Å²) in [6.07, 6.45) is 5.36. The van der Waals surface area contributed by atoms with Gasteiger partial charge < -0.3 is 11.1 Å². The molecule has 1 aromatic rings. The summed E-state index contributed by atoms with van der Waals surface area (Å²) in [6, 6.07) is 2.36. The molecule has 3 rings (SSSR count). The second-order valence-electron chi connectivity index (χ2n) is 5.51. The first-order valence-corrected chi connectivity index (χ1v) is 6.94. The Labute approximate surface area is 112 Å². The molecule has 1 aromatic heterocycles. The number of nitrogens with one attached hydrogen (secondary N) is 1. The molecule has 0 aromatic carbocycles. The molecule has 3 atom stereocenters. The Balaban J connectivity index is 1.78. The predicted molar refractivity (Wildman–Crippen MR) is 75.5 cm³/mol. The van der Waals surface area contributed by atoms with Gasteiger partial charge in [0.25, 0.3) is 0 Å². The van der Waals surface area contributed by atoms with E-state index in [-0.39, 0.29) is 0 Å². The first-order chi connectivity index (χ1) is 8.61. The zero-order valence-electron chi connectivity index (χ0n) is 10.5. The Bertz CT molecular complexity index is 488. The summed E-state index contributed by atoms with van der Waals surface area (Å²) in [4.78, 5) is 9.15. The molecule has 2 bridgehead atoms. The minimum Gasteiger partial charge on any atom is -0.388 e. The van der Waals surface area contributed by atoms with E-state index in [1.807, 2.05) is 13.0 Å². The molecule has 2 saturated carbocycles. The fourth-order valence-corrected chi connectivity index (χ4v) is 3.45. The Morgan fingerprint density at radius 1 is 1.39 bits per heavy atom. The van der Waals surface area contributed by atoms with Gasteiger partial charge in [0.15, 0.2) is 0 Å². The standard InChI is InChI=1S/C13H18N4S/c1-7-4-11(12(14)18)17-13(15-7)16-10-6-8-2-3-9(10)5-8/h4,8-10H,2-3,5-6H2,1H3,(H2,14,18)(H,15,16,17). The first-order valence-electron chi connectivity index (χ1n) is 6.54. The van der Waals surface area contributed by atoms with Gasteiger partial charge in [0, 0.05) is 11.7 Å². The molecule has 5 heteroatoms. The van der Waals surface area contributed by atoms with Crippen LogP contribution in [0.25, 0.3) is 0 Å². The van der Waals surface area contributed by atoms with E-state index in [2.05, 4.69) is 15.3 Å². The number of thiocarbonyl (C=S) groups is 1. The van der Waals surface area contributed by atoms with Crippen molar-refractivity contribution in [1.29, 1.82) is 0 Å². The van der Waals surface area contributed by atoms with E-state index in [9.17, 15) is 0 Å². The van der Waals surface area contributed by atoms with Crippen LogP contribution >= 0.6 is 12.2 Å². The van der Waals surface area contributed by atoms with Gasteiger partial charge in [-0.05, 0) is 44.1 Å². The fourth-order valence-electron chi connectivity index (χ4n) is 3.35. The quantitative estimate of drug-likeness (QED) is 0.816. The number of hydrogen-bond acceptors (Lipinski definition) is 4. The van der Waals surface area contributed by atoms with Gasteiger partial charge >= 0.3 is 0 Å². The number of aromatic nitrogens is 2. The van der Waals surface area contributed by atoms with E-state index in [1.54, 1.807) is 0 Å². The lowest BCUT2D eigenvalue weighted by molar-refractivity contribution is 0.438. The second-order valence-corrected chi connectivity index (χ2v) is 5.95. The Kier molecular flexibility index (Phi) is 2.93. The predicted octanol–water partition coefficient (Wildman–Crippen LogP) is 2.02. The number of fused-ring (bicyclic) bond motifs is 2. The highest BCUT2D eigenvalue weighted by Gasteiger charge is 2.39.